The Labute approximate surface area is 112 Å². The van der Waals surface area contributed by atoms with Crippen LogP contribution in [0.1, 0.15) is 32.3 Å². The maximum Gasteiger partial charge on any atom is 0.224 e. The summed E-state index contributed by atoms with van der Waals surface area (Å²) in [5.41, 5.74) is 6.05. The summed E-state index contributed by atoms with van der Waals surface area (Å²) in [7, 11) is 0. The first-order valence-electron chi connectivity index (χ1n) is 5.83. The van der Waals surface area contributed by atoms with Gasteiger partial charge in [0, 0.05) is 17.7 Å². The van der Waals surface area contributed by atoms with Crippen molar-refractivity contribution in [3.05, 3.63) is 29.6 Å². The second kappa shape index (κ2) is 6.44. The molecule has 0 aromatic heterocycles. The molecule has 0 aliphatic carbocycles. The molecule has 1 aromatic carbocycles. The van der Waals surface area contributed by atoms with Crippen LogP contribution in [-0.4, -0.2) is 10.9 Å². The van der Waals surface area contributed by atoms with Gasteiger partial charge in [-0.3, -0.25) is 4.79 Å². The molecule has 1 unspecified atom stereocenters. The molecule has 1 atom stereocenters. The van der Waals surface area contributed by atoms with Crippen LogP contribution in [0.3, 0.4) is 0 Å². The number of nitrogens with one attached hydrogen (secondary N) is 1. The maximum absolute atomic E-state index is 13.3. The number of hydrogen-bond acceptors (Lipinski definition) is 2. The van der Waals surface area contributed by atoms with E-state index in [1.807, 2.05) is 13.8 Å². The number of amides is 1. The minimum Gasteiger partial charge on any atom is -0.389 e. The Bertz CT molecular complexity index is 462. The molecule has 0 aliphatic rings. The van der Waals surface area contributed by atoms with Crippen LogP contribution in [0.15, 0.2) is 18.2 Å². The quantitative estimate of drug-likeness (QED) is 0.807. The Kier molecular flexibility index (Phi) is 5.22. The second-order valence-corrected chi connectivity index (χ2v) is 4.76. The van der Waals surface area contributed by atoms with Gasteiger partial charge >= 0.3 is 0 Å². The third-order valence-electron chi connectivity index (χ3n) is 2.75. The summed E-state index contributed by atoms with van der Waals surface area (Å²) in [4.78, 5) is 11.7. The summed E-state index contributed by atoms with van der Waals surface area (Å²) < 4.78 is 13.3. The Morgan fingerprint density at radius 2 is 2.22 bits per heavy atom. The molecule has 3 N–H and O–H groups in total. The van der Waals surface area contributed by atoms with Gasteiger partial charge in [0.1, 0.15) is 10.8 Å². The van der Waals surface area contributed by atoms with Crippen molar-refractivity contribution in [2.45, 2.75) is 26.7 Å². The van der Waals surface area contributed by atoms with Crippen LogP contribution in [-0.2, 0) is 4.79 Å². The van der Waals surface area contributed by atoms with Crippen molar-refractivity contribution in [3.63, 3.8) is 0 Å². The molecule has 0 saturated carbocycles. The monoisotopic (exact) mass is 268 g/mol. The van der Waals surface area contributed by atoms with Crippen molar-refractivity contribution in [2.24, 2.45) is 11.7 Å². The fourth-order valence-corrected chi connectivity index (χ4v) is 1.62. The summed E-state index contributed by atoms with van der Waals surface area (Å²) in [6, 6.07) is 4.19. The lowest BCUT2D eigenvalue weighted by atomic mass is 10.0. The predicted molar refractivity (Wildman–Crippen MR) is 75.0 cm³/mol. The molecule has 1 rings (SSSR count). The van der Waals surface area contributed by atoms with Crippen molar-refractivity contribution in [2.75, 3.05) is 5.32 Å². The molecular weight excluding hydrogens is 251 g/mol. The number of anilines is 1. The standard InChI is InChI=1S/C13H17FN2OS/c1-3-8(2)6-12(17)16-9-4-5-11(14)10(7-9)13(15)18/h4-5,7-8H,3,6H2,1-2H3,(H2,15,18)(H,16,17). The number of thiocarbonyl (C=S) groups is 1. The Hall–Kier alpha value is -1.49. The number of nitrogens with two attached hydrogens (primary N) is 1. The van der Waals surface area contributed by atoms with Crippen LogP contribution < -0.4 is 11.1 Å². The predicted octanol–water partition coefficient (Wildman–Crippen LogP) is 2.83. The summed E-state index contributed by atoms with van der Waals surface area (Å²) >= 11 is 4.74. The fraction of sp³-hybridized carbons (Fsp3) is 0.385. The molecule has 0 fully saturated rings. The first-order valence-corrected chi connectivity index (χ1v) is 6.24. The number of benzene rings is 1. The van der Waals surface area contributed by atoms with E-state index in [0.717, 1.165) is 6.42 Å². The highest BCUT2D eigenvalue weighted by molar-refractivity contribution is 7.80. The second-order valence-electron chi connectivity index (χ2n) is 4.32. The minimum atomic E-state index is -0.484. The zero-order valence-electron chi connectivity index (χ0n) is 10.5. The van der Waals surface area contributed by atoms with Crippen molar-refractivity contribution >= 4 is 28.8 Å². The van der Waals surface area contributed by atoms with Crippen molar-refractivity contribution in [1.29, 1.82) is 0 Å². The molecule has 98 valence electrons. The number of hydrogen-bond donors (Lipinski definition) is 2. The van der Waals surface area contributed by atoms with Gasteiger partial charge in [0.25, 0.3) is 0 Å². The molecular formula is C13H17FN2OS. The number of rotatable bonds is 5. The van der Waals surface area contributed by atoms with E-state index in [9.17, 15) is 9.18 Å². The highest BCUT2D eigenvalue weighted by Crippen LogP contribution is 2.16. The molecule has 0 heterocycles. The van der Waals surface area contributed by atoms with Gasteiger partial charge in [-0.2, -0.15) is 0 Å². The fourth-order valence-electron chi connectivity index (χ4n) is 1.46. The van der Waals surface area contributed by atoms with E-state index in [4.69, 9.17) is 18.0 Å². The first kappa shape index (κ1) is 14.6. The molecule has 0 bridgehead atoms. The zero-order valence-corrected chi connectivity index (χ0v) is 11.3. The average Bonchev–Trinajstić information content (AvgIpc) is 2.31. The normalized spacial score (nSPS) is 11.9. The van der Waals surface area contributed by atoms with E-state index in [1.54, 1.807) is 0 Å². The molecule has 18 heavy (non-hydrogen) atoms. The minimum absolute atomic E-state index is 0.0227. The molecule has 1 aromatic rings. The molecule has 0 saturated heterocycles. The van der Waals surface area contributed by atoms with E-state index >= 15 is 0 Å². The number of carbonyl (C=O) groups excluding carboxylic acids is 1. The van der Waals surface area contributed by atoms with E-state index in [0.29, 0.717) is 18.0 Å². The van der Waals surface area contributed by atoms with E-state index in [2.05, 4.69) is 5.32 Å². The van der Waals surface area contributed by atoms with Gasteiger partial charge in [-0.15, -0.1) is 0 Å². The van der Waals surface area contributed by atoms with Crippen LogP contribution in [0.5, 0.6) is 0 Å². The summed E-state index contributed by atoms with van der Waals surface area (Å²) in [6.45, 7) is 4.03. The Morgan fingerprint density at radius 3 is 2.78 bits per heavy atom. The average molecular weight is 268 g/mol. The number of carbonyl (C=O) groups is 1. The van der Waals surface area contributed by atoms with Gasteiger partial charge in [-0.05, 0) is 24.1 Å². The largest absolute Gasteiger partial charge is 0.389 e. The van der Waals surface area contributed by atoms with Gasteiger partial charge in [0.2, 0.25) is 5.91 Å². The van der Waals surface area contributed by atoms with Gasteiger partial charge in [0.15, 0.2) is 0 Å². The van der Waals surface area contributed by atoms with Crippen molar-refractivity contribution < 1.29 is 9.18 Å². The zero-order chi connectivity index (χ0) is 13.7. The lowest BCUT2D eigenvalue weighted by Gasteiger charge is -2.10. The summed E-state index contributed by atoms with van der Waals surface area (Å²) in [5, 5.41) is 2.71. The van der Waals surface area contributed by atoms with Crippen LogP contribution >= 0.6 is 12.2 Å². The molecule has 3 nitrogen and oxygen atoms in total. The van der Waals surface area contributed by atoms with Gasteiger partial charge in [0.05, 0.1) is 0 Å². The van der Waals surface area contributed by atoms with Crippen molar-refractivity contribution in [1.82, 2.24) is 0 Å². The third kappa shape index (κ3) is 4.07. The molecule has 1 amide bonds. The lowest BCUT2D eigenvalue weighted by molar-refractivity contribution is -0.117. The highest BCUT2D eigenvalue weighted by Gasteiger charge is 2.10. The van der Waals surface area contributed by atoms with Crippen LogP contribution in [0.4, 0.5) is 10.1 Å². The smallest absolute Gasteiger partial charge is 0.224 e. The van der Waals surface area contributed by atoms with Crippen LogP contribution in [0.2, 0.25) is 0 Å². The summed E-state index contributed by atoms with van der Waals surface area (Å²) in [5.74, 6) is -0.257. The molecule has 0 spiro atoms. The van der Waals surface area contributed by atoms with E-state index in [-0.39, 0.29) is 16.5 Å². The molecule has 5 heteroatoms. The Morgan fingerprint density at radius 1 is 1.56 bits per heavy atom. The van der Waals surface area contributed by atoms with Gasteiger partial charge in [-0.1, -0.05) is 32.5 Å². The van der Waals surface area contributed by atoms with Crippen LogP contribution in [0, 0.1) is 11.7 Å². The van der Waals surface area contributed by atoms with Crippen molar-refractivity contribution in [3.8, 4) is 0 Å². The van der Waals surface area contributed by atoms with Crippen LogP contribution in [0.25, 0.3) is 0 Å². The van der Waals surface area contributed by atoms with Gasteiger partial charge in [-0.25, -0.2) is 4.39 Å². The third-order valence-corrected chi connectivity index (χ3v) is 2.97. The number of halogens is 1. The van der Waals surface area contributed by atoms with Gasteiger partial charge < -0.3 is 11.1 Å². The topological polar surface area (TPSA) is 55.1 Å². The molecule has 0 radical (unpaired) electrons. The molecule has 0 aliphatic heterocycles. The lowest BCUT2D eigenvalue weighted by Crippen LogP contribution is -2.16. The highest BCUT2D eigenvalue weighted by atomic mass is 32.1. The first-order chi connectivity index (χ1) is 8.43. The van der Waals surface area contributed by atoms with E-state index in [1.165, 1.54) is 18.2 Å². The van der Waals surface area contributed by atoms with E-state index < -0.39 is 5.82 Å². The Balaban J connectivity index is 2.76. The maximum atomic E-state index is 13.3. The summed E-state index contributed by atoms with van der Waals surface area (Å²) in [6.07, 6.45) is 1.38. The SMILES string of the molecule is CCC(C)CC(=O)Nc1ccc(F)c(C(N)=S)c1.